The van der Waals surface area contributed by atoms with E-state index in [1.165, 1.54) is 17.5 Å². The second-order valence-electron chi connectivity index (χ2n) is 8.05. The Bertz CT molecular complexity index is 1040. The number of aryl methyl sites for hydroxylation is 3. The van der Waals surface area contributed by atoms with Gasteiger partial charge in [-0.1, -0.05) is 24.1 Å². The third-order valence-electron chi connectivity index (χ3n) is 5.67. The Balaban J connectivity index is 1.97. The average molecular weight is 431 g/mol. The van der Waals surface area contributed by atoms with Crippen LogP contribution < -0.4 is 10.1 Å². The van der Waals surface area contributed by atoms with Crippen LogP contribution in [-0.2, 0) is 10.0 Å². The van der Waals surface area contributed by atoms with Crippen molar-refractivity contribution in [1.82, 2.24) is 4.31 Å². The number of methoxy groups -OCH3 is 1. The van der Waals surface area contributed by atoms with Crippen molar-refractivity contribution < 1.29 is 17.9 Å². The summed E-state index contributed by atoms with van der Waals surface area (Å²) in [5.74, 6) is -0.108. The van der Waals surface area contributed by atoms with Crippen molar-refractivity contribution in [1.29, 1.82) is 0 Å². The second kappa shape index (κ2) is 8.78. The van der Waals surface area contributed by atoms with Crippen LogP contribution in [0.15, 0.2) is 35.2 Å². The Morgan fingerprint density at radius 3 is 2.37 bits per heavy atom. The molecule has 1 N–H and O–H groups in total. The number of hydrogen-bond acceptors (Lipinski definition) is 4. The monoisotopic (exact) mass is 430 g/mol. The lowest BCUT2D eigenvalue weighted by Crippen LogP contribution is -2.42. The zero-order chi connectivity index (χ0) is 22.1. The van der Waals surface area contributed by atoms with Crippen molar-refractivity contribution in [3.8, 4) is 5.75 Å². The van der Waals surface area contributed by atoms with Gasteiger partial charge < -0.3 is 10.1 Å². The van der Waals surface area contributed by atoms with Crippen LogP contribution in [0.2, 0.25) is 0 Å². The minimum absolute atomic E-state index is 0.0312. The summed E-state index contributed by atoms with van der Waals surface area (Å²) in [4.78, 5) is 13.0. The second-order valence-corrected chi connectivity index (χ2v) is 9.91. The van der Waals surface area contributed by atoms with Crippen LogP contribution in [0, 0.1) is 20.8 Å². The van der Waals surface area contributed by atoms with Gasteiger partial charge in [0.15, 0.2) is 0 Å². The normalized spacial score (nSPS) is 17.6. The summed E-state index contributed by atoms with van der Waals surface area (Å²) >= 11 is 0. The Morgan fingerprint density at radius 2 is 1.77 bits per heavy atom. The summed E-state index contributed by atoms with van der Waals surface area (Å²) in [6.07, 6.45) is 2.67. The molecular formula is C23H30N2O4S. The first kappa shape index (κ1) is 22.3. The Hall–Kier alpha value is -2.38. The number of ether oxygens (including phenoxy) is 1. The molecule has 1 saturated heterocycles. The van der Waals surface area contributed by atoms with Gasteiger partial charge in [0, 0.05) is 23.8 Å². The van der Waals surface area contributed by atoms with Crippen molar-refractivity contribution in [3.63, 3.8) is 0 Å². The molecule has 0 aromatic heterocycles. The summed E-state index contributed by atoms with van der Waals surface area (Å²) in [7, 11) is -2.34. The largest absolute Gasteiger partial charge is 0.495 e. The number of amides is 1. The summed E-state index contributed by atoms with van der Waals surface area (Å²) in [5, 5.41) is 2.94. The van der Waals surface area contributed by atoms with E-state index < -0.39 is 10.0 Å². The molecule has 1 aliphatic rings. The molecule has 1 fully saturated rings. The van der Waals surface area contributed by atoms with Gasteiger partial charge in [0.2, 0.25) is 10.0 Å². The molecule has 30 heavy (non-hydrogen) atoms. The standard InChI is InChI=1S/C23H30N2O4S/c1-15-12-16(2)22(17(3)13-15)24-23(26)19-9-10-20(29-5)21(14-19)30(27,28)25-11-7-6-8-18(25)4/h9-10,12-14,18H,6-8,11H2,1-5H3,(H,24,26)/t18-/m1/s1. The molecule has 1 amide bonds. The summed E-state index contributed by atoms with van der Waals surface area (Å²) in [6.45, 7) is 8.29. The van der Waals surface area contributed by atoms with Gasteiger partial charge in [0.1, 0.15) is 10.6 Å². The molecule has 6 nitrogen and oxygen atoms in total. The highest BCUT2D eigenvalue weighted by Gasteiger charge is 2.33. The molecule has 0 unspecified atom stereocenters. The van der Waals surface area contributed by atoms with Gasteiger partial charge in [-0.2, -0.15) is 4.31 Å². The van der Waals surface area contributed by atoms with Crippen LogP contribution >= 0.6 is 0 Å². The minimum Gasteiger partial charge on any atom is -0.495 e. The number of carbonyl (C=O) groups excluding carboxylic acids is 1. The van der Waals surface area contributed by atoms with E-state index in [2.05, 4.69) is 5.32 Å². The van der Waals surface area contributed by atoms with E-state index in [1.54, 1.807) is 12.1 Å². The quantitative estimate of drug-likeness (QED) is 0.761. The highest BCUT2D eigenvalue weighted by molar-refractivity contribution is 7.89. The third-order valence-corrected chi connectivity index (χ3v) is 7.70. The lowest BCUT2D eigenvalue weighted by Gasteiger charge is -2.32. The maximum Gasteiger partial charge on any atom is 0.255 e. The van der Waals surface area contributed by atoms with Crippen LogP contribution in [0.3, 0.4) is 0 Å². The Kier molecular flexibility index (Phi) is 6.53. The highest BCUT2D eigenvalue weighted by Crippen LogP contribution is 2.32. The molecule has 162 valence electrons. The fraction of sp³-hybridized carbons (Fsp3) is 0.435. The van der Waals surface area contributed by atoms with Crippen molar-refractivity contribution in [3.05, 3.63) is 52.6 Å². The van der Waals surface area contributed by atoms with E-state index in [0.717, 1.165) is 41.6 Å². The van der Waals surface area contributed by atoms with Crippen molar-refractivity contribution in [2.24, 2.45) is 0 Å². The zero-order valence-electron chi connectivity index (χ0n) is 18.3. The Labute approximate surface area is 179 Å². The van der Waals surface area contributed by atoms with Gasteiger partial charge in [0.25, 0.3) is 5.91 Å². The van der Waals surface area contributed by atoms with E-state index in [9.17, 15) is 13.2 Å². The average Bonchev–Trinajstić information content (AvgIpc) is 2.70. The summed E-state index contributed by atoms with van der Waals surface area (Å²) in [6, 6.07) is 8.48. The number of nitrogens with zero attached hydrogens (tertiary/aromatic N) is 1. The fourth-order valence-electron chi connectivity index (χ4n) is 4.14. The molecule has 0 spiro atoms. The molecule has 2 aromatic carbocycles. The van der Waals surface area contributed by atoms with Crippen molar-refractivity contribution in [2.75, 3.05) is 19.0 Å². The molecule has 2 aromatic rings. The number of rotatable bonds is 5. The molecule has 0 radical (unpaired) electrons. The van der Waals surface area contributed by atoms with Crippen LogP contribution in [0.25, 0.3) is 0 Å². The number of nitrogens with one attached hydrogen (secondary N) is 1. The predicted octanol–water partition coefficient (Wildman–Crippen LogP) is 4.44. The van der Waals surface area contributed by atoms with Gasteiger partial charge in [-0.3, -0.25) is 4.79 Å². The molecule has 1 aliphatic heterocycles. The minimum atomic E-state index is -3.78. The lowest BCUT2D eigenvalue weighted by molar-refractivity contribution is 0.102. The topological polar surface area (TPSA) is 75.7 Å². The molecule has 0 bridgehead atoms. The number of hydrogen-bond donors (Lipinski definition) is 1. The maximum absolute atomic E-state index is 13.4. The van der Waals surface area contributed by atoms with E-state index >= 15 is 0 Å². The number of piperidine rings is 1. The maximum atomic E-state index is 13.4. The van der Waals surface area contributed by atoms with Crippen LogP contribution in [-0.4, -0.2) is 38.3 Å². The summed E-state index contributed by atoms with van der Waals surface area (Å²) < 4.78 is 33.6. The van der Waals surface area contributed by atoms with E-state index in [0.29, 0.717) is 6.54 Å². The molecule has 0 saturated carbocycles. The molecular weight excluding hydrogens is 400 g/mol. The fourth-order valence-corrected chi connectivity index (χ4v) is 6.02. The molecule has 1 heterocycles. The van der Waals surface area contributed by atoms with Gasteiger partial charge >= 0.3 is 0 Å². The van der Waals surface area contributed by atoms with Gasteiger partial charge in [-0.25, -0.2) is 8.42 Å². The summed E-state index contributed by atoms with van der Waals surface area (Å²) in [5.41, 5.74) is 4.07. The number of carbonyl (C=O) groups is 1. The first-order valence-electron chi connectivity index (χ1n) is 10.2. The number of benzene rings is 2. The molecule has 1 atom stereocenters. The van der Waals surface area contributed by atoms with Gasteiger partial charge in [0.05, 0.1) is 7.11 Å². The van der Waals surface area contributed by atoms with Crippen LogP contribution in [0.4, 0.5) is 5.69 Å². The molecule has 3 rings (SSSR count). The first-order valence-corrected chi connectivity index (χ1v) is 11.7. The zero-order valence-corrected chi connectivity index (χ0v) is 19.1. The predicted molar refractivity (Wildman–Crippen MR) is 119 cm³/mol. The van der Waals surface area contributed by atoms with Crippen molar-refractivity contribution >= 4 is 21.6 Å². The van der Waals surface area contributed by atoms with Crippen molar-refractivity contribution in [2.45, 2.75) is 57.9 Å². The lowest BCUT2D eigenvalue weighted by atomic mass is 10.0. The number of sulfonamides is 1. The molecule has 0 aliphatic carbocycles. The van der Waals surface area contributed by atoms with Crippen LogP contribution in [0.5, 0.6) is 5.75 Å². The van der Waals surface area contributed by atoms with E-state index in [-0.39, 0.29) is 28.2 Å². The third kappa shape index (κ3) is 4.37. The molecule has 7 heteroatoms. The van der Waals surface area contributed by atoms with E-state index in [1.807, 2.05) is 39.8 Å². The SMILES string of the molecule is COc1ccc(C(=O)Nc2c(C)cc(C)cc2C)cc1S(=O)(=O)N1CCCC[C@H]1C. The number of anilines is 1. The Morgan fingerprint density at radius 1 is 1.10 bits per heavy atom. The van der Waals surface area contributed by atoms with Crippen LogP contribution in [0.1, 0.15) is 53.2 Å². The first-order chi connectivity index (χ1) is 14.1. The van der Waals surface area contributed by atoms with Gasteiger partial charge in [-0.15, -0.1) is 0 Å². The van der Waals surface area contributed by atoms with E-state index in [4.69, 9.17) is 4.74 Å². The highest BCUT2D eigenvalue weighted by atomic mass is 32.2. The smallest absolute Gasteiger partial charge is 0.255 e. The van der Waals surface area contributed by atoms with Gasteiger partial charge in [-0.05, 0) is 69.9 Å².